The molecule has 0 bridgehead atoms. The highest BCUT2D eigenvalue weighted by Gasteiger charge is 2.27. The van der Waals surface area contributed by atoms with E-state index in [0.717, 1.165) is 6.42 Å². The molecule has 0 heterocycles. The lowest BCUT2D eigenvalue weighted by molar-refractivity contribution is -0.121. The van der Waals surface area contributed by atoms with Crippen molar-refractivity contribution in [3.05, 3.63) is 29.3 Å². The molecule has 1 atom stereocenters. The van der Waals surface area contributed by atoms with Gasteiger partial charge in [0.15, 0.2) is 6.29 Å². The van der Waals surface area contributed by atoms with E-state index in [9.17, 15) is 24.3 Å². The van der Waals surface area contributed by atoms with Crippen molar-refractivity contribution in [2.24, 2.45) is 0 Å². The number of aldehydes is 2. The van der Waals surface area contributed by atoms with Gasteiger partial charge in [0.1, 0.15) is 6.29 Å². The van der Waals surface area contributed by atoms with Crippen LogP contribution in [-0.4, -0.2) is 74.2 Å². The number of carbonyl (C=O) groups is 4. The van der Waals surface area contributed by atoms with Gasteiger partial charge in [0, 0.05) is 45.8 Å². The van der Waals surface area contributed by atoms with Crippen LogP contribution in [0, 0.1) is 0 Å². The first kappa shape index (κ1) is 24.3. The highest BCUT2D eigenvalue weighted by Crippen LogP contribution is 2.26. The van der Waals surface area contributed by atoms with Gasteiger partial charge in [0.05, 0.1) is 17.3 Å². The molecule has 160 valence electrons. The lowest BCUT2D eigenvalue weighted by atomic mass is 10.0. The predicted molar refractivity (Wildman–Crippen MR) is 111 cm³/mol. The summed E-state index contributed by atoms with van der Waals surface area (Å²) in [5.74, 6) is -0.674. The second-order valence-electron chi connectivity index (χ2n) is 6.75. The molecular weight excluding hydrogens is 374 g/mol. The molecule has 0 aliphatic rings. The number of hydrogen-bond acceptors (Lipinski definition) is 6. The molecule has 0 aliphatic heterocycles. The van der Waals surface area contributed by atoms with E-state index in [4.69, 9.17) is 0 Å². The minimum absolute atomic E-state index is 0.0173. The summed E-state index contributed by atoms with van der Waals surface area (Å²) in [6.07, 6.45) is 2.91. The maximum Gasteiger partial charge on any atom is 0.257 e. The summed E-state index contributed by atoms with van der Waals surface area (Å²) in [4.78, 5) is 51.2. The average molecular weight is 405 g/mol. The van der Waals surface area contributed by atoms with E-state index < -0.39 is 11.9 Å². The molecule has 1 aromatic rings. The topological polar surface area (TPSA) is 107 Å². The number of anilines is 1. The first-order valence-corrected chi connectivity index (χ1v) is 9.82. The van der Waals surface area contributed by atoms with Crippen LogP contribution in [0.4, 0.5) is 5.69 Å². The Morgan fingerprint density at radius 3 is 2.52 bits per heavy atom. The summed E-state index contributed by atoms with van der Waals surface area (Å²) in [5, 5.41) is 11.7. The second kappa shape index (κ2) is 12.7. The number of nitrogens with zero attached hydrogens (tertiary/aromatic N) is 2. The second-order valence-corrected chi connectivity index (χ2v) is 6.75. The summed E-state index contributed by atoms with van der Waals surface area (Å²) >= 11 is 0. The molecule has 0 aliphatic carbocycles. The predicted octanol–water partition coefficient (Wildman–Crippen LogP) is 1.26. The molecule has 2 N–H and O–H groups in total. The number of nitrogens with one attached hydrogen (secondary N) is 1. The van der Waals surface area contributed by atoms with Gasteiger partial charge < -0.3 is 25.0 Å². The standard InChI is InChI=1S/C21H31N3O5/c1-4-11-24(12-6-13-25)18-8-5-7-16(14-26)20(18)21(29)23(3)17(15-27)9-10-19(28)22-2/h5,7-8,14-15,17,25H,4,6,9-13H2,1-3H3,(H,22,28). The number of likely N-dealkylation sites (N-methyl/N-ethyl adjacent to an activating group) is 1. The molecule has 0 aromatic heterocycles. The van der Waals surface area contributed by atoms with Gasteiger partial charge in [-0.3, -0.25) is 14.4 Å². The highest BCUT2D eigenvalue weighted by atomic mass is 16.3. The molecule has 0 saturated heterocycles. The number of aliphatic hydroxyl groups is 1. The number of aliphatic hydroxyl groups excluding tert-OH is 1. The Morgan fingerprint density at radius 1 is 1.24 bits per heavy atom. The summed E-state index contributed by atoms with van der Waals surface area (Å²) in [5.41, 5.74) is 1.06. The zero-order valence-electron chi connectivity index (χ0n) is 17.4. The summed E-state index contributed by atoms with van der Waals surface area (Å²) in [6.45, 7) is 3.21. The molecule has 29 heavy (non-hydrogen) atoms. The maximum atomic E-state index is 13.3. The SMILES string of the molecule is CCCN(CCCO)c1cccc(C=O)c1C(=O)N(C)C(C=O)CCC(=O)NC. The van der Waals surface area contributed by atoms with Crippen molar-refractivity contribution >= 4 is 30.1 Å². The van der Waals surface area contributed by atoms with Crippen molar-refractivity contribution in [3.63, 3.8) is 0 Å². The van der Waals surface area contributed by atoms with Crippen molar-refractivity contribution in [2.75, 3.05) is 38.7 Å². The Kier molecular flexibility index (Phi) is 10.6. The summed E-state index contributed by atoms with van der Waals surface area (Å²) < 4.78 is 0. The number of carbonyl (C=O) groups excluding carboxylic acids is 4. The molecule has 0 spiro atoms. The van der Waals surface area contributed by atoms with Crippen LogP contribution in [-0.2, 0) is 9.59 Å². The van der Waals surface area contributed by atoms with Gasteiger partial charge in [0.2, 0.25) is 5.91 Å². The molecule has 0 radical (unpaired) electrons. The molecule has 0 fully saturated rings. The van der Waals surface area contributed by atoms with Gasteiger partial charge in [-0.1, -0.05) is 19.1 Å². The van der Waals surface area contributed by atoms with E-state index >= 15 is 0 Å². The van der Waals surface area contributed by atoms with E-state index in [0.29, 0.717) is 37.8 Å². The van der Waals surface area contributed by atoms with E-state index in [1.54, 1.807) is 18.2 Å². The molecule has 1 aromatic carbocycles. The maximum absolute atomic E-state index is 13.3. The Balaban J connectivity index is 3.27. The van der Waals surface area contributed by atoms with E-state index in [1.165, 1.54) is 19.0 Å². The minimum atomic E-state index is -0.788. The molecule has 1 unspecified atom stereocenters. The number of hydrogen-bond donors (Lipinski definition) is 2. The molecule has 0 saturated carbocycles. The third-order valence-corrected chi connectivity index (χ3v) is 4.76. The van der Waals surface area contributed by atoms with E-state index in [-0.39, 0.29) is 36.5 Å². The van der Waals surface area contributed by atoms with Crippen LogP contribution in [0.5, 0.6) is 0 Å². The third-order valence-electron chi connectivity index (χ3n) is 4.76. The Morgan fingerprint density at radius 2 is 1.97 bits per heavy atom. The lowest BCUT2D eigenvalue weighted by Crippen LogP contribution is -2.40. The molecule has 8 nitrogen and oxygen atoms in total. The quantitative estimate of drug-likeness (QED) is 0.479. The zero-order valence-corrected chi connectivity index (χ0v) is 17.4. The van der Waals surface area contributed by atoms with Crippen LogP contribution >= 0.6 is 0 Å². The van der Waals surface area contributed by atoms with Crippen LogP contribution in [0.15, 0.2) is 18.2 Å². The van der Waals surface area contributed by atoms with Crippen LogP contribution in [0.2, 0.25) is 0 Å². The Bertz CT molecular complexity index is 708. The molecule has 2 amide bonds. The van der Waals surface area contributed by atoms with Crippen LogP contribution < -0.4 is 10.2 Å². The molecule has 1 rings (SSSR count). The van der Waals surface area contributed by atoms with Crippen LogP contribution in [0.1, 0.15) is 53.3 Å². The minimum Gasteiger partial charge on any atom is -0.396 e. The van der Waals surface area contributed by atoms with E-state index in [1.807, 2.05) is 11.8 Å². The fourth-order valence-electron chi connectivity index (χ4n) is 3.12. The fraction of sp³-hybridized carbons (Fsp3) is 0.524. The fourth-order valence-corrected chi connectivity index (χ4v) is 3.12. The summed E-state index contributed by atoms with van der Waals surface area (Å²) in [7, 11) is 3.00. The monoisotopic (exact) mass is 405 g/mol. The number of rotatable bonds is 13. The molecular formula is C21H31N3O5. The van der Waals surface area contributed by atoms with Gasteiger partial charge in [-0.05, 0) is 25.3 Å². The average Bonchev–Trinajstić information content (AvgIpc) is 2.75. The van der Waals surface area contributed by atoms with Crippen molar-refractivity contribution in [2.45, 2.75) is 38.6 Å². The third kappa shape index (κ3) is 6.67. The van der Waals surface area contributed by atoms with Crippen molar-refractivity contribution in [1.29, 1.82) is 0 Å². The van der Waals surface area contributed by atoms with Crippen molar-refractivity contribution in [3.8, 4) is 0 Å². The highest BCUT2D eigenvalue weighted by molar-refractivity contribution is 6.07. The number of amides is 2. The van der Waals surface area contributed by atoms with Gasteiger partial charge in [-0.2, -0.15) is 0 Å². The summed E-state index contributed by atoms with van der Waals surface area (Å²) in [6, 6.07) is 4.25. The van der Waals surface area contributed by atoms with Gasteiger partial charge in [-0.15, -0.1) is 0 Å². The lowest BCUT2D eigenvalue weighted by Gasteiger charge is -2.30. The van der Waals surface area contributed by atoms with Crippen LogP contribution in [0.25, 0.3) is 0 Å². The first-order chi connectivity index (χ1) is 13.9. The van der Waals surface area contributed by atoms with Gasteiger partial charge >= 0.3 is 0 Å². The van der Waals surface area contributed by atoms with Crippen LogP contribution in [0.3, 0.4) is 0 Å². The normalized spacial score (nSPS) is 11.4. The Hall–Kier alpha value is -2.74. The zero-order chi connectivity index (χ0) is 21.8. The largest absolute Gasteiger partial charge is 0.396 e. The van der Waals surface area contributed by atoms with E-state index in [2.05, 4.69) is 5.32 Å². The molecule has 8 heteroatoms. The Labute approximate surface area is 171 Å². The number of benzene rings is 1. The van der Waals surface area contributed by atoms with Crippen molar-refractivity contribution < 1.29 is 24.3 Å². The van der Waals surface area contributed by atoms with Crippen molar-refractivity contribution in [1.82, 2.24) is 10.2 Å². The van der Waals surface area contributed by atoms with Gasteiger partial charge in [-0.25, -0.2) is 0 Å². The smallest absolute Gasteiger partial charge is 0.257 e. The van der Waals surface area contributed by atoms with Gasteiger partial charge in [0.25, 0.3) is 5.91 Å². The first-order valence-electron chi connectivity index (χ1n) is 9.82.